The van der Waals surface area contributed by atoms with E-state index in [2.05, 4.69) is 10.3 Å². The number of fused-ring (bicyclic) bond motifs is 1. The molecule has 41 heavy (non-hydrogen) atoms. The van der Waals surface area contributed by atoms with Crippen molar-refractivity contribution >= 4 is 34.5 Å². The van der Waals surface area contributed by atoms with Gasteiger partial charge in [0.15, 0.2) is 5.17 Å². The molecule has 5 rings (SSSR count). The standard InChI is InChI=1S/C31H30N4O5S/c1-4-40-30(37)27-28(21-8-6-5-7-9-21)34-31-35(29(27)24-17-23(38-2)10-11-25(24)39-3)22(19-41-31)16-26(36)33-18-20-12-14-32-15-13-20/h5-15,17,19,29H,4,16,18H2,1-3H3,(H,33,36)/t29-/m1/s1. The second-order valence-electron chi connectivity index (χ2n) is 9.16. The average molecular weight is 571 g/mol. The molecule has 0 bridgehead atoms. The van der Waals surface area contributed by atoms with E-state index in [4.69, 9.17) is 19.2 Å². The Kier molecular flexibility index (Phi) is 8.69. The minimum absolute atomic E-state index is 0.0800. The summed E-state index contributed by atoms with van der Waals surface area (Å²) in [7, 11) is 3.16. The number of hydrogen-bond acceptors (Lipinski definition) is 9. The molecule has 3 heterocycles. The minimum atomic E-state index is -0.698. The average Bonchev–Trinajstić information content (AvgIpc) is 3.41. The van der Waals surface area contributed by atoms with Crippen molar-refractivity contribution in [3.63, 3.8) is 0 Å². The Morgan fingerprint density at radius 3 is 2.51 bits per heavy atom. The lowest BCUT2D eigenvalue weighted by Crippen LogP contribution is -2.38. The van der Waals surface area contributed by atoms with Crippen molar-refractivity contribution in [1.29, 1.82) is 0 Å². The fourth-order valence-corrected chi connectivity index (χ4v) is 5.68. The number of esters is 1. The number of benzene rings is 2. The molecule has 9 nitrogen and oxygen atoms in total. The molecule has 2 aliphatic heterocycles. The van der Waals surface area contributed by atoms with Crippen LogP contribution in [0, 0.1) is 0 Å². The van der Waals surface area contributed by atoms with Gasteiger partial charge in [-0.05, 0) is 48.2 Å². The van der Waals surface area contributed by atoms with E-state index in [1.54, 1.807) is 45.7 Å². The summed E-state index contributed by atoms with van der Waals surface area (Å²) in [5.41, 5.74) is 3.96. The van der Waals surface area contributed by atoms with Crippen molar-refractivity contribution in [3.8, 4) is 11.5 Å². The zero-order valence-electron chi connectivity index (χ0n) is 23.0. The smallest absolute Gasteiger partial charge is 0.338 e. The lowest BCUT2D eigenvalue weighted by molar-refractivity contribution is -0.139. The van der Waals surface area contributed by atoms with Gasteiger partial charge in [0.25, 0.3) is 0 Å². The van der Waals surface area contributed by atoms with Gasteiger partial charge >= 0.3 is 5.97 Å². The number of thioether (sulfide) groups is 1. The van der Waals surface area contributed by atoms with Crippen molar-refractivity contribution in [1.82, 2.24) is 15.2 Å². The van der Waals surface area contributed by atoms with E-state index in [1.807, 2.05) is 58.8 Å². The van der Waals surface area contributed by atoms with E-state index in [1.165, 1.54) is 11.8 Å². The lowest BCUT2D eigenvalue weighted by Gasteiger charge is -2.37. The van der Waals surface area contributed by atoms with Crippen LogP contribution in [0.25, 0.3) is 5.70 Å². The molecule has 10 heteroatoms. The number of amidine groups is 1. The van der Waals surface area contributed by atoms with Crippen molar-refractivity contribution in [2.45, 2.75) is 25.9 Å². The van der Waals surface area contributed by atoms with Crippen LogP contribution in [0.4, 0.5) is 0 Å². The third-order valence-corrected chi connectivity index (χ3v) is 7.55. The van der Waals surface area contributed by atoms with Gasteiger partial charge in [0.1, 0.15) is 11.5 Å². The molecular weight excluding hydrogens is 540 g/mol. The number of rotatable bonds is 10. The van der Waals surface area contributed by atoms with Gasteiger partial charge in [-0.15, -0.1) is 0 Å². The van der Waals surface area contributed by atoms with Gasteiger partial charge in [-0.3, -0.25) is 9.78 Å². The number of aromatic nitrogens is 1. The van der Waals surface area contributed by atoms with Crippen LogP contribution in [0.1, 0.15) is 36.1 Å². The molecule has 0 spiro atoms. The van der Waals surface area contributed by atoms with E-state index in [0.29, 0.717) is 45.7 Å². The second-order valence-corrected chi connectivity index (χ2v) is 10.00. The highest BCUT2D eigenvalue weighted by atomic mass is 32.2. The summed E-state index contributed by atoms with van der Waals surface area (Å²) in [6.45, 7) is 2.34. The first-order valence-corrected chi connectivity index (χ1v) is 14.0. The van der Waals surface area contributed by atoms with Crippen molar-refractivity contribution in [2.75, 3.05) is 20.8 Å². The van der Waals surface area contributed by atoms with Gasteiger partial charge in [-0.25, -0.2) is 9.79 Å². The Hall–Kier alpha value is -4.57. The number of nitrogens with one attached hydrogen (secondary N) is 1. The Morgan fingerprint density at radius 1 is 1.02 bits per heavy atom. The number of carbonyl (C=O) groups is 2. The zero-order valence-corrected chi connectivity index (χ0v) is 23.8. The highest BCUT2D eigenvalue weighted by molar-refractivity contribution is 8.16. The summed E-state index contributed by atoms with van der Waals surface area (Å²) in [5, 5.41) is 5.52. The second kappa shape index (κ2) is 12.7. The van der Waals surface area contributed by atoms with Gasteiger partial charge < -0.3 is 24.4 Å². The van der Waals surface area contributed by atoms with E-state index in [9.17, 15) is 9.59 Å². The SMILES string of the molecule is CCOC(=O)C1=C(c2ccccc2)N=C2SC=C(CC(=O)NCc3ccncc3)N2[C@@H]1c1cc(OC)ccc1OC. The summed E-state index contributed by atoms with van der Waals surface area (Å²) in [4.78, 5) is 37.8. The number of pyridine rings is 1. The summed E-state index contributed by atoms with van der Waals surface area (Å²) in [6, 6.07) is 18.0. The van der Waals surface area contributed by atoms with Crippen molar-refractivity contribution < 1.29 is 23.8 Å². The van der Waals surface area contributed by atoms with Crippen molar-refractivity contribution in [2.24, 2.45) is 4.99 Å². The third kappa shape index (κ3) is 5.97. The Morgan fingerprint density at radius 2 is 1.80 bits per heavy atom. The van der Waals surface area contributed by atoms with Crippen LogP contribution in [0.15, 0.2) is 94.7 Å². The van der Waals surface area contributed by atoms with Crippen LogP contribution < -0.4 is 14.8 Å². The normalized spacial score (nSPS) is 16.0. The maximum absolute atomic E-state index is 13.7. The van der Waals surface area contributed by atoms with Gasteiger partial charge in [-0.2, -0.15) is 0 Å². The number of aliphatic imine (C=N–C) groups is 1. The van der Waals surface area contributed by atoms with Gasteiger partial charge in [0, 0.05) is 35.8 Å². The summed E-state index contributed by atoms with van der Waals surface area (Å²) >= 11 is 1.41. The number of nitrogens with zero attached hydrogens (tertiary/aromatic N) is 3. The summed E-state index contributed by atoms with van der Waals surface area (Å²) < 4.78 is 16.9. The van der Waals surface area contributed by atoms with E-state index in [0.717, 1.165) is 11.1 Å². The molecule has 1 aromatic heterocycles. The fourth-order valence-electron chi connectivity index (χ4n) is 4.76. The maximum Gasteiger partial charge on any atom is 0.338 e. The van der Waals surface area contributed by atoms with Crippen LogP contribution in [0.5, 0.6) is 11.5 Å². The van der Waals surface area contributed by atoms with E-state index >= 15 is 0 Å². The van der Waals surface area contributed by atoms with Crippen molar-refractivity contribution in [3.05, 3.63) is 106 Å². The van der Waals surface area contributed by atoms with Gasteiger partial charge in [0.2, 0.25) is 5.91 Å². The molecule has 3 aromatic rings. The molecule has 1 amide bonds. The number of amides is 1. The Labute approximate surface area is 242 Å². The molecule has 210 valence electrons. The quantitative estimate of drug-likeness (QED) is 0.337. The largest absolute Gasteiger partial charge is 0.497 e. The zero-order chi connectivity index (χ0) is 28.8. The molecule has 2 aromatic carbocycles. The van der Waals surface area contributed by atoms with E-state index < -0.39 is 12.0 Å². The molecule has 0 aliphatic carbocycles. The predicted octanol–water partition coefficient (Wildman–Crippen LogP) is 5.08. The van der Waals surface area contributed by atoms with Crippen LogP contribution >= 0.6 is 11.8 Å². The molecule has 0 saturated carbocycles. The minimum Gasteiger partial charge on any atom is -0.497 e. The summed E-state index contributed by atoms with van der Waals surface area (Å²) in [6.07, 6.45) is 3.46. The number of carbonyl (C=O) groups excluding carboxylic acids is 2. The van der Waals surface area contributed by atoms with Crippen LogP contribution in [-0.2, 0) is 20.9 Å². The first kappa shape index (κ1) is 28.0. The molecule has 0 unspecified atom stereocenters. The fraction of sp³-hybridized carbons (Fsp3) is 0.226. The molecule has 1 N–H and O–H groups in total. The number of methoxy groups -OCH3 is 2. The predicted molar refractivity (Wildman–Crippen MR) is 158 cm³/mol. The first-order chi connectivity index (χ1) is 20.0. The first-order valence-electron chi connectivity index (χ1n) is 13.1. The maximum atomic E-state index is 13.7. The highest BCUT2D eigenvalue weighted by Crippen LogP contribution is 2.49. The number of hydrogen-bond donors (Lipinski definition) is 1. The molecule has 0 radical (unpaired) electrons. The number of ether oxygens (including phenoxy) is 3. The van der Waals surface area contributed by atoms with E-state index in [-0.39, 0.29) is 18.9 Å². The van der Waals surface area contributed by atoms with Crippen LogP contribution in [-0.4, -0.2) is 47.8 Å². The van der Waals surface area contributed by atoms with Gasteiger partial charge in [-0.1, -0.05) is 42.1 Å². The Bertz CT molecular complexity index is 1520. The lowest BCUT2D eigenvalue weighted by atomic mass is 9.90. The monoisotopic (exact) mass is 570 g/mol. The van der Waals surface area contributed by atoms with Crippen LogP contribution in [0.2, 0.25) is 0 Å². The molecule has 0 fully saturated rings. The van der Waals surface area contributed by atoms with Gasteiger partial charge in [0.05, 0.1) is 44.6 Å². The highest BCUT2D eigenvalue weighted by Gasteiger charge is 2.43. The third-order valence-electron chi connectivity index (χ3n) is 6.66. The molecule has 2 aliphatic rings. The topological polar surface area (TPSA) is 102 Å². The Balaban J connectivity index is 1.59. The molecule has 1 atom stereocenters. The van der Waals surface area contributed by atoms with Crippen LogP contribution in [0.3, 0.4) is 0 Å². The molecule has 0 saturated heterocycles. The summed E-state index contributed by atoms with van der Waals surface area (Å²) in [5.74, 6) is 0.496. The molecular formula is C31H30N4O5S.